The van der Waals surface area contributed by atoms with Gasteiger partial charge in [0.25, 0.3) is 11.6 Å². The minimum absolute atomic E-state index is 0.0549. The maximum absolute atomic E-state index is 13.2. The summed E-state index contributed by atoms with van der Waals surface area (Å²) in [5.74, 6) is -0.208. The number of carbonyl (C=O) groups is 1. The molecular formula is C22H21N7O3. The quantitative estimate of drug-likeness (QED) is 0.460. The molecule has 0 atom stereocenters. The van der Waals surface area contributed by atoms with Gasteiger partial charge in [-0.3, -0.25) is 14.9 Å². The Morgan fingerprint density at radius 1 is 1.09 bits per heavy atom. The van der Waals surface area contributed by atoms with Gasteiger partial charge in [0.1, 0.15) is 0 Å². The number of benzene rings is 2. The van der Waals surface area contributed by atoms with E-state index in [1.54, 1.807) is 36.1 Å². The molecule has 0 spiro atoms. The Kier molecular flexibility index (Phi) is 5.81. The van der Waals surface area contributed by atoms with Crippen LogP contribution in [-0.2, 0) is 0 Å². The van der Waals surface area contributed by atoms with Crippen molar-refractivity contribution >= 4 is 17.3 Å². The molecule has 0 saturated carbocycles. The van der Waals surface area contributed by atoms with Crippen molar-refractivity contribution < 1.29 is 9.72 Å². The van der Waals surface area contributed by atoms with Crippen LogP contribution in [0.3, 0.4) is 0 Å². The molecule has 1 amide bonds. The van der Waals surface area contributed by atoms with Crippen LogP contribution in [0.4, 0.5) is 11.4 Å². The normalized spacial score (nSPS) is 14.0. The first kappa shape index (κ1) is 21.0. The molecule has 10 nitrogen and oxygen atoms in total. The highest BCUT2D eigenvalue weighted by atomic mass is 16.6. The van der Waals surface area contributed by atoms with Crippen LogP contribution in [0.25, 0.3) is 5.69 Å². The van der Waals surface area contributed by atoms with Gasteiger partial charge in [0.15, 0.2) is 5.69 Å². The zero-order valence-corrected chi connectivity index (χ0v) is 17.5. The number of amides is 1. The fraction of sp³-hybridized carbons (Fsp3) is 0.273. The van der Waals surface area contributed by atoms with Gasteiger partial charge in [-0.1, -0.05) is 11.3 Å². The van der Waals surface area contributed by atoms with Crippen molar-refractivity contribution in [2.24, 2.45) is 0 Å². The van der Waals surface area contributed by atoms with E-state index in [1.165, 1.54) is 16.8 Å². The SMILES string of the molecule is Cc1c(C(=O)N2CCCN(c3ccc(C#N)cc3)CC2)nnn1-c1cccc([N+](=O)[O-])c1. The summed E-state index contributed by atoms with van der Waals surface area (Å²) < 4.78 is 1.45. The highest BCUT2D eigenvalue weighted by molar-refractivity contribution is 5.93. The van der Waals surface area contributed by atoms with Crippen molar-refractivity contribution in [3.8, 4) is 11.8 Å². The van der Waals surface area contributed by atoms with Gasteiger partial charge in [-0.2, -0.15) is 5.26 Å². The van der Waals surface area contributed by atoms with E-state index in [1.807, 2.05) is 12.1 Å². The second-order valence-corrected chi connectivity index (χ2v) is 7.50. The number of anilines is 1. The number of nitriles is 1. The molecule has 1 aliphatic rings. The largest absolute Gasteiger partial charge is 0.370 e. The number of rotatable bonds is 4. The highest BCUT2D eigenvalue weighted by Crippen LogP contribution is 2.21. The Balaban J connectivity index is 1.49. The fourth-order valence-electron chi connectivity index (χ4n) is 3.79. The van der Waals surface area contributed by atoms with E-state index in [9.17, 15) is 14.9 Å². The Labute approximate surface area is 184 Å². The average Bonchev–Trinajstić information content (AvgIpc) is 3.03. The van der Waals surface area contributed by atoms with Gasteiger partial charge in [-0.15, -0.1) is 5.10 Å². The fourth-order valence-corrected chi connectivity index (χ4v) is 3.79. The third-order valence-electron chi connectivity index (χ3n) is 5.53. The van der Waals surface area contributed by atoms with Crippen molar-refractivity contribution in [2.45, 2.75) is 13.3 Å². The molecule has 0 bridgehead atoms. The maximum Gasteiger partial charge on any atom is 0.276 e. The molecule has 3 aromatic rings. The number of nitrogens with zero attached hydrogens (tertiary/aromatic N) is 7. The molecule has 10 heteroatoms. The molecular weight excluding hydrogens is 410 g/mol. The third kappa shape index (κ3) is 4.13. The summed E-state index contributed by atoms with van der Waals surface area (Å²) >= 11 is 0. The Hall–Kier alpha value is -4.26. The summed E-state index contributed by atoms with van der Waals surface area (Å²) in [4.78, 5) is 27.7. The first-order valence-electron chi connectivity index (χ1n) is 10.2. The number of nitro benzene ring substituents is 1. The lowest BCUT2D eigenvalue weighted by Crippen LogP contribution is -2.35. The van der Waals surface area contributed by atoms with Gasteiger partial charge < -0.3 is 9.80 Å². The lowest BCUT2D eigenvalue weighted by Gasteiger charge is -2.23. The molecule has 32 heavy (non-hydrogen) atoms. The summed E-state index contributed by atoms with van der Waals surface area (Å²) in [6, 6.07) is 15.6. The van der Waals surface area contributed by atoms with Crippen molar-refractivity contribution in [2.75, 3.05) is 31.1 Å². The van der Waals surface area contributed by atoms with Crippen molar-refractivity contribution in [3.05, 3.63) is 75.6 Å². The van der Waals surface area contributed by atoms with Gasteiger partial charge in [-0.05, 0) is 43.7 Å². The van der Waals surface area contributed by atoms with Gasteiger partial charge in [0, 0.05) is 44.0 Å². The molecule has 1 aliphatic heterocycles. The predicted molar refractivity (Wildman–Crippen MR) is 117 cm³/mol. The van der Waals surface area contributed by atoms with E-state index in [-0.39, 0.29) is 17.3 Å². The number of non-ortho nitro benzene ring substituents is 1. The summed E-state index contributed by atoms with van der Waals surface area (Å²) in [6.45, 7) is 4.31. The molecule has 2 heterocycles. The molecule has 162 valence electrons. The summed E-state index contributed by atoms with van der Waals surface area (Å²) in [5, 5.41) is 28.2. The third-order valence-corrected chi connectivity index (χ3v) is 5.53. The maximum atomic E-state index is 13.2. The van der Waals surface area contributed by atoms with Gasteiger partial charge in [0.05, 0.1) is 27.9 Å². The first-order valence-corrected chi connectivity index (χ1v) is 10.2. The van der Waals surface area contributed by atoms with E-state index in [2.05, 4.69) is 21.3 Å². The van der Waals surface area contributed by atoms with Gasteiger partial charge in [0.2, 0.25) is 0 Å². The molecule has 0 unspecified atom stereocenters. The minimum Gasteiger partial charge on any atom is -0.370 e. The first-order chi connectivity index (χ1) is 15.5. The van der Waals surface area contributed by atoms with Crippen LogP contribution in [0.2, 0.25) is 0 Å². The zero-order chi connectivity index (χ0) is 22.7. The Bertz CT molecular complexity index is 1200. The zero-order valence-electron chi connectivity index (χ0n) is 17.5. The standard InChI is InChI=1S/C22H21N7O3/c1-16-21(24-25-28(16)19-4-2-5-20(14-19)29(31)32)22(30)27-11-3-10-26(12-13-27)18-8-6-17(15-23)7-9-18/h2,4-9,14H,3,10-13H2,1H3. The van der Waals surface area contributed by atoms with Gasteiger partial charge >= 0.3 is 0 Å². The molecule has 1 aromatic heterocycles. The van der Waals surface area contributed by atoms with Crippen molar-refractivity contribution in [1.82, 2.24) is 19.9 Å². The van der Waals surface area contributed by atoms with Crippen LogP contribution in [0.1, 0.15) is 28.2 Å². The lowest BCUT2D eigenvalue weighted by molar-refractivity contribution is -0.384. The van der Waals surface area contributed by atoms with E-state index in [4.69, 9.17) is 5.26 Å². The second-order valence-electron chi connectivity index (χ2n) is 7.50. The summed E-state index contributed by atoms with van der Waals surface area (Å²) in [7, 11) is 0. The van der Waals surface area contributed by atoms with E-state index in [0.29, 0.717) is 36.6 Å². The molecule has 4 rings (SSSR count). The lowest BCUT2D eigenvalue weighted by atomic mass is 10.2. The highest BCUT2D eigenvalue weighted by Gasteiger charge is 2.25. The van der Waals surface area contributed by atoms with Crippen LogP contribution in [-0.4, -0.2) is 56.9 Å². The summed E-state index contributed by atoms with van der Waals surface area (Å²) in [6.07, 6.45) is 0.795. The van der Waals surface area contributed by atoms with Crippen LogP contribution in [0.15, 0.2) is 48.5 Å². The monoisotopic (exact) mass is 431 g/mol. The number of aromatic nitrogens is 3. The molecule has 1 fully saturated rings. The molecule has 0 radical (unpaired) electrons. The molecule has 1 saturated heterocycles. The average molecular weight is 431 g/mol. The second kappa shape index (κ2) is 8.85. The van der Waals surface area contributed by atoms with Crippen LogP contribution in [0, 0.1) is 28.4 Å². The topological polar surface area (TPSA) is 121 Å². The Morgan fingerprint density at radius 3 is 2.59 bits per heavy atom. The smallest absolute Gasteiger partial charge is 0.276 e. The molecule has 0 N–H and O–H groups in total. The van der Waals surface area contributed by atoms with Crippen LogP contribution in [0.5, 0.6) is 0 Å². The Morgan fingerprint density at radius 2 is 1.88 bits per heavy atom. The number of carbonyl (C=O) groups excluding carboxylic acids is 1. The van der Waals surface area contributed by atoms with E-state index < -0.39 is 4.92 Å². The molecule has 0 aliphatic carbocycles. The number of nitro groups is 1. The molecule has 2 aromatic carbocycles. The van der Waals surface area contributed by atoms with Crippen molar-refractivity contribution in [1.29, 1.82) is 5.26 Å². The van der Waals surface area contributed by atoms with Crippen LogP contribution >= 0.6 is 0 Å². The predicted octanol–water partition coefficient (Wildman–Crippen LogP) is 2.71. The van der Waals surface area contributed by atoms with Crippen molar-refractivity contribution in [3.63, 3.8) is 0 Å². The van der Waals surface area contributed by atoms with E-state index in [0.717, 1.165) is 18.7 Å². The number of hydrogen-bond acceptors (Lipinski definition) is 7. The van der Waals surface area contributed by atoms with Gasteiger partial charge in [-0.25, -0.2) is 4.68 Å². The van der Waals surface area contributed by atoms with Crippen LogP contribution < -0.4 is 4.90 Å². The summed E-state index contributed by atoms with van der Waals surface area (Å²) in [5.41, 5.74) is 2.83. The number of hydrogen-bond donors (Lipinski definition) is 0. The van der Waals surface area contributed by atoms with E-state index >= 15 is 0 Å². The minimum atomic E-state index is -0.474.